The Hall–Kier alpha value is -5.49. The number of rotatable bonds is 5. The van der Waals surface area contributed by atoms with Crippen molar-refractivity contribution < 1.29 is 0 Å². The summed E-state index contributed by atoms with van der Waals surface area (Å²) in [5.74, 6) is 1.89. The summed E-state index contributed by atoms with van der Waals surface area (Å²) in [6.07, 6.45) is 3.56. The van der Waals surface area contributed by atoms with E-state index in [0.29, 0.717) is 17.5 Å². The van der Waals surface area contributed by atoms with E-state index in [2.05, 4.69) is 29.2 Å². The maximum Gasteiger partial charge on any atom is 0.164 e. The van der Waals surface area contributed by atoms with Crippen LogP contribution in [0.3, 0.4) is 0 Å². The van der Waals surface area contributed by atoms with Crippen molar-refractivity contribution in [1.29, 1.82) is 0 Å². The first-order valence-corrected chi connectivity index (χ1v) is 12.7. The zero-order valence-corrected chi connectivity index (χ0v) is 20.9. The fourth-order valence-electron chi connectivity index (χ4n) is 4.70. The van der Waals surface area contributed by atoms with Gasteiger partial charge in [-0.1, -0.05) is 97.1 Å². The van der Waals surface area contributed by atoms with E-state index in [-0.39, 0.29) is 0 Å². The average Bonchev–Trinajstić information content (AvgIpc) is 3.42. The van der Waals surface area contributed by atoms with Gasteiger partial charge in [-0.05, 0) is 24.3 Å². The maximum atomic E-state index is 5.03. The van der Waals surface area contributed by atoms with Gasteiger partial charge in [0.2, 0.25) is 0 Å². The molecule has 0 saturated carbocycles. The number of pyridine rings is 1. The molecule has 6 nitrogen and oxygen atoms in total. The third-order valence-corrected chi connectivity index (χ3v) is 6.59. The monoisotopic (exact) mass is 502 g/mol. The van der Waals surface area contributed by atoms with Crippen LogP contribution >= 0.6 is 0 Å². The summed E-state index contributed by atoms with van der Waals surface area (Å²) in [5, 5.41) is 6.10. The second-order valence-electron chi connectivity index (χ2n) is 9.10. The van der Waals surface area contributed by atoms with E-state index in [4.69, 9.17) is 20.1 Å². The van der Waals surface area contributed by atoms with Gasteiger partial charge >= 0.3 is 0 Å². The summed E-state index contributed by atoms with van der Waals surface area (Å²) in [6.45, 7) is 0. The molecule has 0 unspecified atom stereocenters. The lowest BCUT2D eigenvalue weighted by Crippen LogP contribution is -2.00. The Kier molecular flexibility index (Phi) is 5.68. The molecule has 0 spiro atoms. The minimum atomic E-state index is 0.613. The van der Waals surface area contributed by atoms with Gasteiger partial charge in [0.15, 0.2) is 17.5 Å². The SMILES string of the molecule is c1ccc(-c2nc(-c3ccccc3)nc(-c3cccc(-c4nn(-c5ccncc5)c5ccccc45)c3)n2)cc1. The van der Waals surface area contributed by atoms with Crippen LogP contribution in [-0.4, -0.2) is 29.7 Å². The van der Waals surface area contributed by atoms with Crippen molar-refractivity contribution in [2.45, 2.75) is 0 Å². The summed E-state index contributed by atoms with van der Waals surface area (Å²) in [4.78, 5) is 18.8. The van der Waals surface area contributed by atoms with Crippen molar-refractivity contribution in [3.8, 4) is 51.1 Å². The van der Waals surface area contributed by atoms with Crippen molar-refractivity contribution in [2.75, 3.05) is 0 Å². The standard InChI is InChI=1S/C33H22N6/c1-3-10-23(11-4-1)31-35-32(24-12-5-2-6-13-24)37-33(36-31)26-15-9-14-25(22-26)30-28-16-7-8-17-29(28)39(38-30)27-18-20-34-21-19-27/h1-22H. The summed E-state index contributed by atoms with van der Waals surface area (Å²) in [6, 6.07) is 40.4. The highest BCUT2D eigenvalue weighted by atomic mass is 15.3. The third-order valence-electron chi connectivity index (χ3n) is 6.59. The molecule has 0 fully saturated rings. The normalized spacial score (nSPS) is 11.1. The minimum Gasteiger partial charge on any atom is -0.265 e. The van der Waals surface area contributed by atoms with Crippen molar-refractivity contribution >= 4 is 10.9 Å². The van der Waals surface area contributed by atoms with Crippen LogP contribution in [-0.2, 0) is 0 Å². The molecule has 0 bridgehead atoms. The van der Waals surface area contributed by atoms with Crippen LogP contribution < -0.4 is 0 Å². The zero-order chi connectivity index (χ0) is 26.0. The zero-order valence-electron chi connectivity index (χ0n) is 20.9. The number of hydrogen-bond donors (Lipinski definition) is 0. The molecule has 4 aromatic carbocycles. The Morgan fingerprint density at radius 1 is 0.462 bits per heavy atom. The first kappa shape index (κ1) is 22.7. The largest absolute Gasteiger partial charge is 0.265 e. The molecule has 0 aliphatic rings. The van der Waals surface area contributed by atoms with Crippen molar-refractivity contribution in [2.24, 2.45) is 0 Å². The summed E-state index contributed by atoms with van der Waals surface area (Å²) < 4.78 is 1.96. The Morgan fingerprint density at radius 2 is 1.00 bits per heavy atom. The van der Waals surface area contributed by atoms with Crippen molar-refractivity contribution in [1.82, 2.24) is 29.7 Å². The molecule has 0 amide bonds. The van der Waals surface area contributed by atoms with Gasteiger partial charge in [0.25, 0.3) is 0 Å². The van der Waals surface area contributed by atoms with Gasteiger partial charge in [-0.15, -0.1) is 0 Å². The number of hydrogen-bond acceptors (Lipinski definition) is 5. The maximum absolute atomic E-state index is 5.03. The van der Waals surface area contributed by atoms with E-state index in [9.17, 15) is 0 Å². The average molecular weight is 503 g/mol. The van der Waals surface area contributed by atoms with Crippen LogP contribution in [0, 0.1) is 0 Å². The number of fused-ring (bicyclic) bond motifs is 1. The highest BCUT2D eigenvalue weighted by Crippen LogP contribution is 2.32. The topological polar surface area (TPSA) is 69.4 Å². The summed E-state index contributed by atoms with van der Waals surface area (Å²) in [7, 11) is 0. The summed E-state index contributed by atoms with van der Waals surface area (Å²) >= 11 is 0. The predicted octanol–water partition coefficient (Wildman–Crippen LogP) is 7.27. The molecule has 0 radical (unpaired) electrons. The molecule has 39 heavy (non-hydrogen) atoms. The molecule has 0 saturated heterocycles. The minimum absolute atomic E-state index is 0.613. The lowest BCUT2D eigenvalue weighted by Gasteiger charge is -2.09. The number of aromatic nitrogens is 6. The van der Waals surface area contributed by atoms with Crippen LogP contribution in [0.5, 0.6) is 0 Å². The Bertz CT molecular complexity index is 1840. The van der Waals surface area contributed by atoms with E-state index in [1.165, 1.54) is 0 Å². The number of benzene rings is 4. The lowest BCUT2D eigenvalue weighted by atomic mass is 10.0. The van der Waals surface area contributed by atoms with Crippen LogP contribution in [0.1, 0.15) is 0 Å². The second kappa shape index (κ2) is 9.76. The molecule has 7 rings (SSSR count). The third kappa shape index (κ3) is 4.34. The molecular formula is C33H22N6. The van der Waals surface area contributed by atoms with E-state index >= 15 is 0 Å². The molecule has 184 valence electrons. The van der Waals surface area contributed by atoms with Crippen molar-refractivity contribution in [3.63, 3.8) is 0 Å². The molecule has 0 aliphatic carbocycles. The second-order valence-corrected chi connectivity index (χ2v) is 9.10. The van der Waals surface area contributed by atoms with Crippen LogP contribution in [0.4, 0.5) is 0 Å². The van der Waals surface area contributed by atoms with Gasteiger partial charge in [-0.3, -0.25) is 4.98 Å². The predicted molar refractivity (Wildman–Crippen MR) is 154 cm³/mol. The van der Waals surface area contributed by atoms with Gasteiger partial charge in [-0.25, -0.2) is 19.6 Å². The molecular weight excluding hydrogens is 480 g/mol. The summed E-state index contributed by atoms with van der Waals surface area (Å²) in [5.41, 5.74) is 6.65. The molecule has 0 N–H and O–H groups in total. The van der Waals surface area contributed by atoms with E-state index in [1.807, 2.05) is 102 Å². The molecule has 0 atom stereocenters. The molecule has 0 aliphatic heterocycles. The highest BCUT2D eigenvalue weighted by molar-refractivity contribution is 5.94. The van der Waals surface area contributed by atoms with Gasteiger partial charge < -0.3 is 0 Å². The lowest BCUT2D eigenvalue weighted by molar-refractivity contribution is 0.911. The molecule has 6 heteroatoms. The van der Waals surface area contributed by atoms with Crippen LogP contribution in [0.15, 0.2) is 134 Å². The van der Waals surface area contributed by atoms with E-state index < -0.39 is 0 Å². The van der Waals surface area contributed by atoms with E-state index in [0.717, 1.165) is 44.5 Å². The van der Waals surface area contributed by atoms with E-state index in [1.54, 1.807) is 12.4 Å². The van der Waals surface area contributed by atoms with Crippen LogP contribution in [0.25, 0.3) is 62.0 Å². The Labute approximate surface area is 225 Å². The smallest absolute Gasteiger partial charge is 0.164 e. The molecule has 3 heterocycles. The highest BCUT2D eigenvalue weighted by Gasteiger charge is 2.16. The fraction of sp³-hybridized carbons (Fsp3) is 0. The molecule has 7 aromatic rings. The fourth-order valence-corrected chi connectivity index (χ4v) is 4.70. The van der Waals surface area contributed by atoms with Gasteiger partial charge in [0, 0.05) is 40.0 Å². The van der Waals surface area contributed by atoms with Gasteiger partial charge in [0.1, 0.15) is 5.69 Å². The van der Waals surface area contributed by atoms with Crippen LogP contribution in [0.2, 0.25) is 0 Å². The Morgan fingerprint density at radius 3 is 1.67 bits per heavy atom. The van der Waals surface area contributed by atoms with Crippen molar-refractivity contribution in [3.05, 3.63) is 134 Å². The molecule has 3 aromatic heterocycles. The van der Waals surface area contributed by atoms with Gasteiger partial charge in [-0.2, -0.15) is 5.10 Å². The first-order chi connectivity index (χ1) is 19.3. The Balaban J connectivity index is 1.39. The van der Waals surface area contributed by atoms with Gasteiger partial charge in [0.05, 0.1) is 11.2 Å². The quantitative estimate of drug-likeness (QED) is 0.247. The number of para-hydroxylation sites is 1. The first-order valence-electron chi connectivity index (χ1n) is 12.7. The number of nitrogens with zero attached hydrogens (tertiary/aromatic N) is 6.